The Kier molecular flexibility index (Phi) is 3.63. The lowest BCUT2D eigenvalue weighted by Gasteiger charge is -2.16. The number of hydrogen-bond donors (Lipinski definition) is 1. The van der Waals surface area contributed by atoms with Crippen LogP contribution in [0, 0.1) is 5.82 Å². The van der Waals surface area contributed by atoms with Gasteiger partial charge in [0.05, 0.1) is 16.3 Å². The first-order valence-corrected chi connectivity index (χ1v) is 5.90. The maximum Gasteiger partial charge on any atom is 0.299 e. The van der Waals surface area contributed by atoms with Gasteiger partial charge in [0.2, 0.25) is 0 Å². The summed E-state index contributed by atoms with van der Waals surface area (Å²) in [6, 6.07) is 2.28. The Labute approximate surface area is 108 Å². The summed E-state index contributed by atoms with van der Waals surface area (Å²) in [6.07, 6.45) is 1.06. The van der Waals surface area contributed by atoms with Crippen LogP contribution < -0.4 is 4.90 Å². The van der Waals surface area contributed by atoms with E-state index in [0.29, 0.717) is 12.8 Å². The predicted octanol–water partition coefficient (Wildman–Crippen LogP) is 1.78. The fourth-order valence-corrected chi connectivity index (χ4v) is 2.06. The summed E-state index contributed by atoms with van der Waals surface area (Å²) >= 11 is 5.59. The van der Waals surface area contributed by atoms with Crippen LogP contribution in [0.3, 0.4) is 0 Å². The van der Waals surface area contributed by atoms with E-state index in [0.717, 1.165) is 6.07 Å². The second kappa shape index (κ2) is 5.04. The lowest BCUT2D eigenvalue weighted by molar-refractivity contribution is -0.114. The molecule has 1 N–H and O–H groups in total. The molecule has 0 saturated heterocycles. The van der Waals surface area contributed by atoms with Crippen LogP contribution in [-0.2, 0) is 4.79 Å². The number of fused-ring (bicyclic) bond motifs is 1. The molecule has 0 atom stereocenters. The number of carbonyl (C=O) groups is 2. The SMILES string of the molecule is O=C1C(=O)N(CCCCO)c2cc(F)c(Cl)cc21. The summed E-state index contributed by atoms with van der Waals surface area (Å²) < 4.78 is 13.4. The summed E-state index contributed by atoms with van der Waals surface area (Å²) in [7, 11) is 0. The quantitative estimate of drug-likeness (QED) is 0.671. The second-order valence-electron chi connectivity index (χ2n) is 4.00. The van der Waals surface area contributed by atoms with Gasteiger partial charge >= 0.3 is 0 Å². The number of halogens is 2. The zero-order valence-electron chi connectivity index (χ0n) is 9.45. The molecule has 0 aromatic heterocycles. The molecule has 0 radical (unpaired) electrons. The fraction of sp³-hybridized carbons (Fsp3) is 0.333. The van der Waals surface area contributed by atoms with Gasteiger partial charge in [-0.25, -0.2) is 4.39 Å². The topological polar surface area (TPSA) is 57.6 Å². The fourth-order valence-electron chi connectivity index (χ4n) is 1.89. The van der Waals surface area contributed by atoms with Gasteiger partial charge < -0.3 is 10.0 Å². The van der Waals surface area contributed by atoms with E-state index < -0.39 is 17.5 Å². The smallest absolute Gasteiger partial charge is 0.299 e. The van der Waals surface area contributed by atoms with E-state index in [2.05, 4.69) is 0 Å². The predicted molar refractivity (Wildman–Crippen MR) is 64.4 cm³/mol. The van der Waals surface area contributed by atoms with Crippen molar-refractivity contribution in [2.45, 2.75) is 12.8 Å². The van der Waals surface area contributed by atoms with E-state index >= 15 is 0 Å². The Hall–Kier alpha value is -1.46. The van der Waals surface area contributed by atoms with Gasteiger partial charge in [0.15, 0.2) is 0 Å². The molecule has 1 aromatic carbocycles. The lowest BCUT2D eigenvalue weighted by atomic mass is 10.1. The Morgan fingerprint density at radius 1 is 1.28 bits per heavy atom. The van der Waals surface area contributed by atoms with E-state index in [-0.39, 0.29) is 29.4 Å². The van der Waals surface area contributed by atoms with Crippen molar-refractivity contribution in [3.63, 3.8) is 0 Å². The zero-order valence-corrected chi connectivity index (χ0v) is 10.2. The van der Waals surface area contributed by atoms with E-state index in [4.69, 9.17) is 16.7 Å². The van der Waals surface area contributed by atoms with Crippen LogP contribution in [0.4, 0.5) is 10.1 Å². The molecule has 96 valence electrons. The summed E-state index contributed by atoms with van der Waals surface area (Å²) in [5, 5.41) is 8.51. The highest BCUT2D eigenvalue weighted by atomic mass is 35.5. The number of unbranched alkanes of at least 4 members (excludes halogenated alkanes) is 1. The van der Waals surface area contributed by atoms with Crippen LogP contribution in [0.15, 0.2) is 12.1 Å². The van der Waals surface area contributed by atoms with Crippen molar-refractivity contribution in [1.82, 2.24) is 0 Å². The van der Waals surface area contributed by atoms with Crippen LogP contribution in [-0.4, -0.2) is 29.9 Å². The Balaban J connectivity index is 2.33. The third-order valence-corrected chi connectivity index (χ3v) is 3.09. The number of aliphatic hydroxyl groups excluding tert-OH is 1. The van der Waals surface area contributed by atoms with Crippen molar-refractivity contribution in [2.75, 3.05) is 18.1 Å². The standard InChI is InChI=1S/C12H11ClFNO3/c13-8-5-7-10(6-9(8)14)15(3-1-2-4-16)12(18)11(7)17/h5-6,16H,1-4H2. The van der Waals surface area contributed by atoms with Gasteiger partial charge in [0, 0.05) is 13.2 Å². The molecule has 1 aliphatic rings. The highest BCUT2D eigenvalue weighted by Crippen LogP contribution is 2.33. The van der Waals surface area contributed by atoms with Crippen LogP contribution in [0.1, 0.15) is 23.2 Å². The molecule has 6 heteroatoms. The van der Waals surface area contributed by atoms with Gasteiger partial charge in [-0.05, 0) is 25.0 Å². The van der Waals surface area contributed by atoms with E-state index in [1.165, 1.54) is 11.0 Å². The molecule has 0 unspecified atom stereocenters. The molecule has 4 nitrogen and oxygen atoms in total. The monoisotopic (exact) mass is 271 g/mol. The molecular formula is C12H11ClFNO3. The molecule has 0 saturated carbocycles. The average molecular weight is 272 g/mol. The number of nitrogens with zero attached hydrogens (tertiary/aromatic N) is 1. The molecule has 0 aliphatic carbocycles. The third kappa shape index (κ3) is 2.11. The van der Waals surface area contributed by atoms with Gasteiger partial charge in [-0.1, -0.05) is 11.6 Å². The number of Topliss-reactive ketones (excluding diaryl/α,β-unsaturated/α-hetero) is 1. The molecular weight excluding hydrogens is 261 g/mol. The van der Waals surface area contributed by atoms with Gasteiger partial charge in [-0.2, -0.15) is 0 Å². The van der Waals surface area contributed by atoms with Crippen molar-refractivity contribution in [3.8, 4) is 0 Å². The normalized spacial score (nSPS) is 14.3. The van der Waals surface area contributed by atoms with Crippen LogP contribution in [0.5, 0.6) is 0 Å². The molecule has 0 bridgehead atoms. The van der Waals surface area contributed by atoms with Crippen molar-refractivity contribution < 1.29 is 19.1 Å². The molecule has 2 rings (SSSR count). The van der Waals surface area contributed by atoms with Gasteiger partial charge in [-0.3, -0.25) is 9.59 Å². The van der Waals surface area contributed by atoms with Crippen molar-refractivity contribution >= 4 is 29.0 Å². The van der Waals surface area contributed by atoms with Crippen LogP contribution >= 0.6 is 11.6 Å². The zero-order chi connectivity index (χ0) is 13.3. The molecule has 0 spiro atoms. The molecule has 18 heavy (non-hydrogen) atoms. The van der Waals surface area contributed by atoms with Crippen LogP contribution in [0.2, 0.25) is 5.02 Å². The Morgan fingerprint density at radius 3 is 2.67 bits per heavy atom. The van der Waals surface area contributed by atoms with Gasteiger partial charge in [0.1, 0.15) is 5.82 Å². The number of anilines is 1. The van der Waals surface area contributed by atoms with Gasteiger partial charge in [0.25, 0.3) is 11.7 Å². The Bertz CT molecular complexity index is 518. The largest absolute Gasteiger partial charge is 0.396 e. The number of ketones is 1. The number of hydrogen-bond acceptors (Lipinski definition) is 3. The van der Waals surface area contributed by atoms with E-state index in [1.54, 1.807) is 0 Å². The maximum absolute atomic E-state index is 13.4. The first kappa shape index (κ1) is 13.0. The molecule has 1 aromatic rings. The maximum atomic E-state index is 13.4. The summed E-state index contributed by atoms with van der Waals surface area (Å²) in [5.41, 5.74) is 0.389. The van der Waals surface area contributed by atoms with Crippen molar-refractivity contribution in [3.05, 3.63) is 28.5 Å². The first-order chi connectivity index (χ1) is 8.56. The summed E-state index contributed by atoms with van der Waals surface area (Å²) in [4.78, 5) is 24.6. The Morgan fingerprint density at radius 2 is 2.00 bits per heavy atom. The molecule has 1 heterocycles. The minimum absolute atomic E-state index is 0.0117. The second-order valence-corrected chi connectivity index (χ2v) is 4.41. The number of carbonyl (C=O) groups excluding carboxylic acids is 2. The molecule has 1 amide bonds. The van der Waals surface area contributed by atoms with Crippen molar-refractivity contribution in [1.29, 1.82) is 0 Å². The minimum Gasteiger partial charge on any atom is -0.396 e. The number of aliphatic hydroxyl groups is 1. The highest BCUT2D eigenvalue weighted by Gasteiger charge is 2.36. The third-order valence-electron chi connectivity index (χ3n) is 2.80. The van der Waals surface area contributed by atoms with Crippen LogP contribution in [0.25, 0.3) is 0 Å². The van der Waals surface area contributed by atoms with Crippen molar-refractivity contribution in [2.24, 2.45) is 0 Å². The number of benzene rings is 1. The highest BCUT2D eigenvalue weighted by molar-refractivity contribution is 6.52. The molecule has 1 aliphatic heterocycles. The minimum atomic E-state index is -0.676. The summed E-state index contributed by atoms with van der Waals surface area (Å²) in [5.74, 6) is -2.01. The van der Waals surface area contributed by atoms with E-state index in [9.17, 15) is 14.0 Å². The first-order valence-electron chi connectivity index (χ1n) is 5.52. The summed E-state index contributed by atoms with van der Waals surface area (Å²) in [6.45, 7) is 0.289. The lowest BCUT2D eigenvalue weighted by Crippen LogP contribution is -2.30. The number of amides is 1. The average Bonchev–Trinajstić information content (AvgIpc) is 2.56. The molecule has 0 fully saturated rings. The van der Waals surface area contributed by atoms with Gasteiger partial charge in [-0.15, -0.1) is 0 Å². The van der Waals surface area contributed by atoms with E-state index in [1.807, 2.05) is 0 Å². The number of rotatable bonds is 4.